The van der Waals surface area contributed by atoms with Crippen molar-refractivity contribution in [3.05, 3.63) is 59.4 Å². The first-order chi connectivity index (χ1) is 12.6. The molecule has 1 aromatic heterocycles. The van der Waals surface area contributed by atoms with Gasteiger partial charge in [-0.3, -0.25) is 4.79 Å². The van der Waals surface area contributed by atoms with Crippen molar-refractivity contribution in [1.29, 1.82) is 0 Å². The van der Waals surface area contributed by atoms with Crippen LogP contribution in [0.5, 0.6) is 0 Å². The van der Waals surface area contributed by atoms with E-state index in [0.29, 0.717) is 11.9 Å². The number of amides is 1. The summed E-state index contributed by atoms with van der Waals surface area (Å²) in [6.07, 6.45) is 8.24. The molecule has 0 spiro atoms. The topological polar surface area (TPSA) is 25.2 Å². The summed E-state index contributed by atoms with van der Waals surface area (Å²) in [5.41, 5.74) is 3.88. The zero-order valence-electron chi connectivity index (χ0n) is 16.4. The molecule has 0 unspecified atom stereocenters. The van der Waals surface area contributed by atoms with Crippen LogP contribution in [-0.2, 0) is 17.9 Å². The molecule has 140 valence electrons. The third kappa shape index (κ3) is 4.38. The average Bonchev–Trinajstić information content (AvgIpc) is 3.08. The summed E-state index contributed by atoms with van der Waals surface area (Å²) in [7, 11) is 0. The van der Waals surface area contributed by atoms with Crippen molar-refractivity contribution in [2.24, 2.45) is 5.92 Å². The minimum atomic E-state index is 0.0525. The van der Waals surface area contributed by atoms with Crippen molar-refractivity contribution in [3.63, 3.8) is 0 Å². The molecule has 0 saturated heterocycles. The molecule has 1 amide bonds. The molecule has 1 saturated carbocycles. The molecule has 0 radical (unpaired) electrons. The van der Waals surface area contributed by atoms with Crippen LogP contribution in [0.15, 0.2) is 42.6 Å². The van der Waals surface area contributed by atoms with E-state index < -0.39 is 0 Å². The van der Waals surface area contributed by atoms with E-state index >= 15 is 0 Å². The molecule has 2 aromatic rings. The van der Waals surface area contributed by atoms with Gasteiger partial charge in [0.25, 0.3) is 0 Å². The predicted octanol–water partition coefficient (Wildman–Crippen LogP) is 5.16. The van der Waals surface area contributed by atoms with E-state index in [0.717, 1.165) is 25.9 Å². The van der Waals surface area contributed by atoms with Gasteiger partial charge in [-0.05, 0) is 43.0 Å². The largest absolute Gasteiger partial charge is 0.345 e. The zero-order valence-corrected chi connectivity index (χ0v) is 16.4. The highest BCUT2D eigenvalue weighted by Crippen LogP contribution is 2.26. The summed E-state index contributed by atoms with van der Waals surface area (Å²) in [5.74, 6) is 0.345. The summed E-state index contributed by atoms with van der Waals surface area (Å²) in [6.45, 7) is 7.79. The smallest absolute Gasteiger partial charge is 0.225 e. The minimum absolute atomic E-state index is 0.0525. The Kier molecular flexibility index (Phi) is 6.18. The first-order valence-corrected chi connectivity index (χ1v) is 10.0. The number of nitrogens with zero attached hydrogens (tertiary/aromatic N) is 2. The predicted molar refractivity (Wildman–Crippen MR) is 107 cm³/mol. The lowest BCUT2D eigenvalue weighted by atomic mass is 9.93. The first kappa shape index (κ1) is 18.8. The van der Waals surface area contributed by atoms with Gasteiger partial charge in [0.15, 0.2) is 0 Å². The number of aromatic nitrogens is 1. The van der Waals surface area contributed by atoms with Gasteiger partial charge in [0.05, 0.1) is 6.54 Å². The highest BCUT2D eigenvalue weighted by molar-refractivity contribution is 5.78. The highest BCUT2D eigenvalue weighted by Gasteiger charge is 2.27. The fraction of sp³-hybridized carbons (Fsp3) is 0.522. The Hall–Kier alpha value is -2.03. The van der Waals surface area contributed by atoms with Crippen LogP contribution in [0.25, 0.3) is 0 Å². The Morgan fingerprint density at radius 2 is 1.85 bits per heavy atom. The van der Waals surface area contributed by atoms with E-state index in [1.165, 1.54) is 36.1 Å². The molecule has 1 aliphatic rings. The Morgan fingerprint density at radius 1 is 1.12 bits per heavy atom. The fourth-order valence-electron chi connectivity index (χ4n) is 4.00. The fourth-order valence-corrected chi connectivity index (χ4v) is 4.00. The lowest BCUT2D eigenvalue weighted by molar-refractivity contribution is -0.138. The van der Waals surface area contributed by atoms with E-state index in [9.17, 15) is 4.79 Å². The lowest BCUT2D eigenvalue weighted by Gasteiger charge is -2.36. The molecule has 1 heterocycles. The van der Waals surface area contributed by atoms with Crippen LogP contribution < -0.4 is 0 Å². The Labute approximate surface area is 158 Å². The normalized spacial score (nSPS) is 15.4. The zero-order chi connectivity index (χ0) is 18.5. The maximum atomic E-state index is 12.9. The van der Waals surface area contributed by atoms with Crippen molar-refractivity contribution >= 4 is 5.91 Å². The second-order valence-electron chi connectivity index (χ2n) is 7.97. The minimum Gasteiger partial charge on any atom is -0.345 e. The van der Waals surface area contributed by atoms with E-state index in [1.807, 2.05) is 13.8 Å². The standard InChI is InChI=1S/C23H32N2O/c1-18(2)23(26)25(21-12-5-4-6-13-21)17-22-14-9-15-24(22)16-20-11-8-7-10-19(20)3/h7-11,14-15,18,21H,4-6,12-13,16-17H2,1-3H3. The molecule has 1 fully saturated rings. The molecule has 3 rings (SSSR count). The van der Waals surface area contributed by atoms with E-state index in [-0.39, 0.29) is 5.92 Å². The number of carbonyl (C=O) groups is 1. The maximum Gasteiger partial charge on any atom is 0.225 e. The van der Waals surface area contributed by atoms with Crippen LogP contribution in [0.3, 0.4) is 0 Å². The van der Waals surface area contributed by atoms with Crippen molar-refractivity contribution in [2.75, 3.05) is 0 Å². The molecule has 3 nitrogen and oxygen atoms in total. The van der Waals surface area contributed by atoms with Gasteiger partial charge in [0.1, 0.15) is 0 Å². The van der Waals surface area contributed by atoms with Crippen molar-refractivity contribution < 1.29 is 4.79 Å². The number of hydrogen-bond acceptors (Lipinski definition) is 1. The van der Waals surface area contributed by atoms with Crippen molar-refractivity contribution in [2.45, 2.75) is 72.0 Å². The van der Waals surface area contributed by atoms with E-state index in [1.54, 1.807) is 0 Å². The van der Waals surface area contributed by atoms with Crippen molar-refractivity contribution in [3.8, 4) is 0 Å². The molecule has 0 N–H and O–H groups in total. The quantitative estimate of drug-likeness (QED) is 0.705. The van der Waals surface area contributed by atoms with Crippen LogP contribution in [0.2, 0.25) is 0 Å². The number of rotatable bonds is 6. The molecular weight excluding hydrogens is 320 g/mol. The van der Waals surface area contributed by atoms with Crippen LogP contribution >= 0.6 is 0 Å². The van der Waals surface area contributed by atoms with Gasteiger partial charge >= 0.3 is 0 Å². The van der Waals surface area contributed by atoms with Gasteiger partial charge in [-0.2, -0.15) is 0 Å². The molecule has 26 heavy (non-hydrogen) atoms. The Bertz CT molecular complexity index is 725. The molecular formula is C23H32N2O. The van der Waals surface area contributed by atoms with Crippen LogP contribution in [0, 0.1) is 12.8 Å². The molecule has 1 aliphatic carbocycles. The summed E-state index contributed by atoms with van der Waals surface area (Å²) in [6, 6.07) is 13.2. The molecule has 0 atom stereocenters. The molecule has 0 bridgehead atoms. The summed E-state index contributed by atoms with van der Waals surface area (Å²) in [5, 5.41) is 0. The summed E-state index contributed by atoms with van der Waals surface area (Å²) < 4.78 is 2.30. The number of hydrogen-bond donors (Lipinski definition) is 0. The average molecular weight is 353 g/mol. The van der Waals surface area contributed by atoms with Crippen LogP contribution in [0.1, 0.15) is 62.8 Å². The van der Waals surface area contributed by atoms with Gasteiger partial charge in [-0.25, -0.2) is 0 Å². The summed E-state index contributed by atoms with van der Waals surface area (Å²) in [4.78, 5) is 15.1. The summed E-state index contributed by atoms with van der Waals surface area (Å²) >= 11 is 0. The van der Waals surface area contributed by atoms with E-state index in [2.05, 4.69) is 59.0 Å². The monoisotopic (exact) mass is 352 g/mol. The highest BCUT2D eigenvalue weighted by atomic mass is 16.2. The number of benzene rings is 1. The molecule has 1 aromatic carbocycles. The third-order valence-corrected chi connectivity index (χ3v) is 5.65. The van der Waals surface area contributed by atoms with Gasteiger partial charge < -0.3 is 9.47 Å². The number of aryl methyl sites for hydroxylation is 1. The number of carbonyl (C=O) groups excluding carboxylic acids is 1. The van der Waals surface area contributed by atoms with Gasteiger partial charge in [-0.15, -0.1) is 0 Å². The second kappa shape index (κ2) is 8.57. The Morgan fingerprint density at radius 3 is 2.54 bits per heavy atom. The molecule has 3 heteroatoms. The Balaban J connectivity index is 1.80. The molecule has 0 aliphatic heterocycles. The van der Waals surface area contributed by atoms with Crippen LogP contribution in [0.4, 0.5) is 0 Å². The first-order valence-electron chi connectivity index (χ1n) is 10.0. The third-order valence-electron chi connectivity index (χ3n) is 5.65. The maximum absolute atomic E-state index is 12.9. The second-order valence-corrected chi connectivity index (χ2v) is 7.97. The van der Waals surface area contributed by atoms with E-state index in [4.69, 9.17) is 0 Å². The SMILES string of the molecule is Cc1ccccc1Cn1cccc1CN(C(=O)C(C)C)C1CCCCC1. The van der Waals surface area contributed by atoms with Gasteiger partial charge in [0, 0.05) is 30.4 Å². The van der Waals surface area contributed by atoms with Crippen LogP contribution in [-0.4, -0.2) is 21.4 Å². The van der Waals surface area contributed by atoms with Crippen molar-refractivity contribution in [1.82, 2.24) is 9.47 Å². The lowest BCUT2D eigenvalue weighted by Crippen LogP contribution is -2.43. The van der Waals surface area contributed by atoms with Gasteiger partial charge in [0.2, 0.25) is 5.91 Å². The van der Waals surface area contributed by atoms with Gasteiger partial charge in [-0.1, -0.05) is 57.4 Å².